The number of nitrogens with one attached hydrogen (secondary N) is 1. The summed E-state index contributed by atoms with van der Waals surface area (Å²) >= 11 is 0. The second-order valence-electron chi connectivity index (χ2n) is 6.07. The van der Waals surface area contributed by atoms with Gasteiger partial charge in [-0.2, -0.15) is 5.26 Å². The number of nitriles is 1. The van der Waals surface area contributed by atoms with Gasteiger partial charge in [0.1, 0.15) is 11.6 Å². The molecule has 0 saturated carbocycles. The molecule has 1 atom stereocenters. The largest absolute Gasteiger partial charge is 0.493 e. The Morgan fingerprint density at radius 3 is 2.58 bits per heavy atom. The zero-order chi connectivity index (χ0) is 18.1. The van der Waals surface area contributed by atoms with Crippen molar-refractivity contribution in [3.63, 3.8) is 0 Å². The zero-order valence-electron chi connectivity index (χ0n) is 15.1. The summed E-state index contributed by atoms with van der Waals surface area (Å²) in [5.41, 5.74) is 0.771. The smallest absolute Gasteiger partial charge is 0.262 e. The second-order valence-corrected chi connectivity index (χ2v) is 6.07. The fourth-order valence-corrected chi connectivity index (χ4v) is 1.87. The van der Waals surface area contributed by atoms with Gasteiger partial charge >= 0.3 is 0 Å². The van der Waals surface area contributed by atoms with Gasteiger partial charge in [-0.05, 0) is 43.0 Å². The Bertz CT molecular complexity index is 630. The van der Waals surface area contributed by atoms with E-state index in [1.54, 1.807) is 31.4 Å². The number of amides is 1. The van der Waals surface area contributed by atoms with Crippen molar-refractivity contribution >= 4 is 12.0 Å². The molecule has 1 aromatic carbocycles. The molecule has 0 heterocycles. The highest BCUT2D eigenvalue weighted by molar-refractivity contribution is 6.01. The number of hydrogen-bond donors (Lipinski definition) is 1. The molecular weight excluding hydrogens is 304 g/mol. The molecule has 0 unspecified atom stereocenters. The van der Waals surface area contributed by atoms with E-state index in [0.717, 1.165) is 6.42 Å². The van der Waals surface area contributed by atoms with Crippen molar-refractivity contribution in [2.75, 3.05) is 13.7 Å². The Labute approximate surface area is 144 Å². The highest BCUT2D eigenvalue weighted by atomic mass is 16.5. The Morgan fingerprint density at radius 2 is 2.04 bits per heavy atom. The summed E-state index contributed by atoms with van der Waals surface area (Å²) in [6.45, 7) is 8.60. The predicted octanol–water partition coefficient (Wildman–Crippen LogP) is 3.55. The number of benzene rings is 1. The number of ether oxygens (including phenoxy) is 2. The first-order valence-corrected chi connectivity index (χ1v) is 8.14. The molecule has 1 aromatic rings. The number of methoxy groups -OCH3 is 1. The van der Waals surface area contributed by atoms with Gasteiger partial charge in [0, 0.05) is 6.04 Å². The Hall–Kier alpha value is -2.48. The third-order valence-electron chi connectivity index (χ3n) is 3.43. The molecule has 0 bridgehead atoms. The van der Waals surface area contributed by atoms with Crippen LogP contribution >= 0.6 is 0 Å². The van der Waals surface area contributed by atoms with Crippen LogP contribution in [0.15, 0.2) is 23.8 Å². The quantitative estimate of drug-likeness (QED) is 0.584. The lowest BCUT2D eigenvalue weighted by Gasteiger charge is -2.13. The normalized spacial score (nSPS) is 12.5. The van der Waals surface area contributed by atoms with Crippen LogP contribution < -0.4 is 14.8 Å². The zero-order valence-corrected chi connectivity index (χ0v) is 15.1. The second kappa shape index (κ2) is 9.61. The minimum atomic E-state index is -0.369. The van der Waals surface area contributed by atoms with Gasteiger partial charge in [-0.15, -0.1) is 0 Å². The van der Waals surface area contributed by atoms with Crippen LogP contribution in [0, 0.1) is 17.2 Å². The van der Waals surface area contributed by atoms with Crippen LogP contribution in [-0.2, 0) is 4.79 Å². The van der Waals surface area contributed by atoms with E-state index >= 15 is 0 Å². The van der Waals surface area contributed by atoms with E-state index in [1.807, 2.05) is 19.9 Å². The average molecular weight is 330 g/mol. The molecule has 0 radical (unpaired) electrons. The third-order valence-corrected chi connectivity index (χ3v) is 3.43. The van der Waals surface area contributed by atoms with E-state index in [-0.39, 0.29) is 17.5 Å². The van der Waals surface area contributed by atoms with Crippen molar-refractivity contribution in [1.29, 1.82) is 5.26 Å². The van der Waals surface area contributed by atoms with Gasteiger partial charge in [0.25, 0.3) is 5.91 Å². The van der Waals surface area contributed by atoms with Crippen LogP contribution in [0.5, 0.6) is 11.5 Å². The van der Waals surface area contributed by atoms with Crippen LogP contribution in [0.4, 0.5) is 0 Å². The molecule has 0 aromatic heterocycles. The van der Waals surface area contributed by atoms with Crippen LogP contribution in [0.1, 0.15) is 39.7 Å². The molecule has 0 saturated heterocycles. The summed E-state index contributed by atoms with van der Waals surface area (Å²) in [4.78, 5) is 12.1. The van der Waals surface area contributed by atoms with Crippen molar-refractivity contribution in [2.24, 2.45) is 5.92 Å². The lowest BCUT2D eigenvalue weighted by Crippen LogP contribution is -2.32. The molecule has 1 amide bonds. The van der Waals surface area contributed by atoms with E-state index in [1.165, 1.54) is 0 Å². The van der Waals surface area contributed by atoms with Gasteiger partial charge in [-0.3, -0.25) is 4.79 Å². The molecule has 24 heavy (non-hydrogen) atoms. The Morgan fingerprint density at radius 1 is 1.33 bits per heavy atom. The van der Waals surface area contributed by atoms with Crippen LogP contribution in [0.25, 0.3) is 6.08 Å². The summed E-state index contributed by atoms with van der Waals surface area (Å²) in [5, 5.41) is 12.0. The fraction of sp³-hybridized carbons (Fsp3) is 0.474. The molecule has 0 spiro atoms. The van der Waals surface area contributed by atoms with Crippen molar-refractivity contribution < 1.29 is 14.3 Å². The fourth-order valence-electron chi connectivity index (χ4n) is 1.87. The van der Waals surface area contributed by atoms with Crippen molar-refractivity contribution in [2.45, 2.75) is 40.2 Å². The molecule has 130 valence electrons. The maximum Gasteiger partial charge on any atom is 0.262 e. The first kappa shape index (κ1) is 19.6. The van der Waals surface area contributed by atoms with E-state index < -0.39 is 0 Å². The molecule has 0 aliphatic carbocycles. The highest BCUT2D eigenvalue weighted by Crippen LogP contribution is 2.29. The van der Waals surface area contributed by atoms with Crippen LogP contribution in [0.2, 0.25) is 0 Å². The van der Waals surface area contributed by atoms with E-state index in [2.05, 4.69) is 19.2 Å². The van der Waals surface area contributed by atoms with Gasteiger partial charge in [0.05, 0.1) is 13.7 Å². The number of nitrogens with zero attached hydrogens (tertiary/aromatic N) is 1. The average Bonchev–Trinajstić information content (AvgIpc) is 2.57. The Balaban J connectivity index is 2.99. The SMILES string of the molecule is CC[C@@H](C)NC(=O)/C(C#N)=C/c1ccc(OCC(C)C)c(OC)c1. The molecule has 5 heteroatoms. The van der Waals surface area contributed by atoms with Gasteiger partial charge in [0.2, 0.25) is 0 Å². The minimum Gasteiger partial charge on any atom is -0.493 e. The standard InChI is InChI=1S/C19H26N2O3/c1-6-14(4)21-19(22)16(11-20)9-15-7-8-17(18(10-15)23-5)24-12-13(2)3/h7-10,13-14H,6,12H2,1-5H3,(H,21,22)/b16-9+/t14-/m1/s1. The molecule has 1 N–H and O–H groups in total. The lowest BCUT2D eigenvalue weighted by molar-refractivity contribution is -0.117. The monoisotopic (exact) mass is 330 g/mol. The van der Waals surface area contributed by atoms with E-state index in [0.29, 0.717) is 29.6 Å². The summed E-state index contributed by atoms with van der Waals surface area (Å²) in [6, 6.07) is 7.31. The van der Waals surface area contributed by atoms with Crippen molar-refractivity contribution in [1.82, 2.24) is 5.32 Å². The minimum absolute atomic E-state index is 0.0237. The molecule has 5 nitrogen and oxygen atoms in total. The maximum absolute atomic E-state index is 12.1. The maximum atomic E-state index is 12.1. The summed E-state index contributed by atoms with van der Waals surface area (Å²) in [7, 11) is 1.56. The van der Waals surface area contributed by atoms with Crippen molar-refractivity contribution in [3.8, 4) is 17.6 Å². The number of carbonyl (C=O) groups excluding carboxylic acids is 1. The number of hydrogen-bond acceptors (Lipinski definition) is 4. The van der Waals surface area contributed by atoms with Gasteiger partial charge in [-0.25, -0.2) is 0 Å². The lowest BCUT2D eigenvalue weighted by atomic mass is 10.1. The van der Waals surface area contributed by atoms with Crippen LogP contribution in [0.3, 0.4) is 0 Å². The van der Waals surface area contributed by atoms with Gasteiger partial charge < -0.3 is 14.8 Å². The molecule has 1 rings (SSSR count). The van der Waals surface area contributed by atoms with E-state index in [9.17, 15) is 10.1 Å². The number of rotatable bonds is 8. The molecule has 0 fully saturated rings. The molecule has 0 aliphatic heterocycles. The van der Waals surface area contributed by atoms with E-state index in [4.69, 9.17) is 9.47 Å². The first-order valence-electron chi connectivity index (χ1n) is 8.14. The molecular formula is C19H26N2O3. The topological polar surface area (TPSA) is 71.4 Å². The van der Waals surface area contributed by atoms with Gasteiger partial charge in [-0.1, -0.05) is 26.8 Å². The Kier molecular flexibility index (Phi) is 7.84. The van der Waals surface area contributed by atoms with Gasteiger partial charge in [0.15, 0.2) is 11.5 Å². The highest BCUT2D eigenvalue weighted by Gasteiger charge is 2.12. The first-order chi connectivity index (χ1) is 11.4. The number of carbonyl (C=O) groups is 1. The summed E-state index contributed by atoms with van der Waals surface area (Å²) in [5.74, 6) is 1.25. The predicted molar refractivity (Wildman–Crippen MR) is 94.8 cm³/mol. The van der Waals surface area contributed by atoms with Crippen molar-refractivity contribution in [3.05, 3.63) is 29.3 Å². The third kappa shape index (κ3) is 5.96. The summed E-state index contributed by atoms with van der Waals surface area (Å²) < 4.78 is 11.0. The molecule has 0 aliphatic rings. The van der Waals surface area contributed by atoms with Crippen LogP contribution in [-0.4, -0.2) is 25.7 Å². The summed E-state index contributed by atoms with van der Waals surface area (Å²) in [6.07, 6.45) is 2.35.